The molecule has 416 valence electrons. The van der Waals surface area contributed by atoms with Crippen molar-refractivity contribution in [3.05, 3.63) is 139 Å². The second-order valence-electron chi connectivity index (χ2n) is 23.5. The molecule has 3 aromatic carbocycles. The molecule has 3 unspecified atom stereocenters. The van der Waals surface area contributed by atoms with Crippen LogP contribution in [0.5, 0.6) is 0 Å². The van der Waals surface area contributed by atoms with Gasteiger partial charge in [-0.15, -0.1) is 45.3 Å². The van der Waals surface area contributed by atoms with Crippen LogP contribution < -0.4 is 0 Å². The van der Waals surface area contributed by atoms with Crippen molar-refractivity contribution in [2.75, 3.05) is 6.54 Å². The zero-order chi connectivity index (χ0) is 55.4. The molecule has 3 atom stereocenters. The van der Waals surface area contributed by atoms with E-state index in [4.69, 9.17) is 8.83 Å². The van der Waals surface area contributed by atoms with Crippen molar-refractivity contribution < 1.29 is 18.4 Å². The number of carbonyl (C=O) groups excluding carboxylic acids is 2. The van der Waals surface area contributed by atoms with Gasteiger partial charge in [0.25, 0.3) is 11.8 Å². The standard InChI is InChI=1S/C70H83NO4S4/c1-10-16-19-20-21-28-40-71-67(72)60-59-64(78-65(60)68(71)73)63(79-66(59)69(7,8)47-31-24-22-25-32-47)53-43-51-57(54-37-35-49(76-54)41-45(14-5)29-17-11-2)62-52(44-56(75-62)70(9,39-13-4)48-33-26-23-27-34-48)58(61(51)74-53)55-38-36-50(77-55)42-46(15-6)30-18-12-3/h22-27,31-38,43-46H,10-21,28-30,39-42H2,1-9H3. The van der Waals surface area contributed by atoms with E-state index < -0.39 is 5.41 Å². The number of hydrogen-bond acceptors (Lipinski definition) is 8. The average molecular weight is 1130 g/mol. The zero-order valence-electron chi connectivity index (χ0n) is 48.5. The molecule has 0 N–H and O–H groups in total. The highest BCUT2D eigenvalue weighted by atomic mass is 32.1. The van der Waals surface area contributed by atoms with Crippen LogP contribution in [-0.2, 0) is 23.7 Å². The van der Waals surface area contributed by atoms with Gasteiger partial charge in [-0.25, -0.2) is 0 Å². The number of furan rings is 2. The maximum absolute atomic E-state index is 14.9. The van der Waals surface area contributed by atoms with E-state index in [1.807, 2.05) is 22.7 Å². The molecule has 9 heteroatoms. The minimum atomic E-state index is -0.489. The van der Waals surface area contributed by atoms with Gasteiger partial charge in [0.15, 0.2) is 0 Å². The van der Waals surface area contributed by atoms with Crippen molar-refractivity contribution in [2.45, 2.75) is 189 Å². The molecule has 7 heterocycles. The largest absolute Gasteiger partial charge is 0.459 e. The van der Waals surface area contributed by atoms with Gasteiger partial charge in [-0.3, -0.25) is 14.5 Å². The number of hydrogen-bond donors (Lipinski definition) is 0. The number of benzene rings is 3. The summed E-state index contributed by atoms with van der Waals surface area (Å²) in [6.45, 7) is 21.1. The highest BCUT2D eigenvalue weighted by molar-refractivity contribution is 7.28. The van der Waals surface area contributed by atoms with Crippen LogP contribution in [0.1, 0.15) is 217 Å². The predicted molar refractivity (Wildman–Crippen MR) is 340 cm³/mol. The Balaban J connectivity index is 1.22. The van der Waals surface area contributed by atoms with Gasteiger partial charge in [-0.1, -0.05) is 206 Å². The number of carbonyl (C=O) groups is 2. The van der Waals surface area contributed by atoms with E-state index in [1.165, 1.54) is 99.1 Å². The van der Waals surface area contributed by atoms with E-state index in [9.17, 15) is 9.59 Å². The van der Waals surface area contributed by atoms with Crippen LogP contribution in [0, 0.1) is 11.8 Å². The second kappa shape index (κ2) is 25.0. The van der Waals surface area contributed by atoms with Gasteiger partial charge in [0.1, 0.15) is 27.6 Å². The highest BCUT2D eigenvalue weighted by Crippen LogP contribution is 2.57. The van der Waals surface area contributed by atoms with Gasteiger partial charge in [0.05, 0.1) is 20.6 Å². The van der Waals surface area contributed by atoms with Crippen molar-refractivity contribution in [2.24, 2.45) is 11.8 Å². The Hall–Kier alpha value is -5.06. The molecule has 5 nitrogen and oxygen atoms in total. The number of imide groups is 1. The third-order valence-electron chi connectivity index (χ3n) is 17.5. The van der Waals surface area contributed by atoms with Crippen LogP contribution in [0.4, 0.5) is 0 Å². The molecular formula is C70H83NO4S4. The second-order valence-corrected chi connectivity index (χ2v) is 27.8. The lowest BCUT2D eigenvalue weighted by Gasteiger charge is -2.27. The van der Waals surface area contributed by atoms with Crippen molar-refractivity contribution in [3.63, 3.8) is 0 Å². The van der Waals surface area contributed by atoms with Crippen LogP contribution in [0.25, 0.3) is 63.5 Å². The molecule has 1 aliphatic heterocycles. The van der Waals surface area contributed by atoms with Gasteiger partial charge in [-0.2, -0.15) is 0 Å². The van der Waals surface area contributed by atoms with Crippen molar-refractivity contribution >= 4 is 89.2 Å². The zero-order valence-corrected chi connectivity index (χ0v) is 51.8. The van der Waals surface area contributed by atoms with E-state index in [0.717, 1.165) is 128 Å². The summed E-state index contributed by atoms with van der Waals surface area (Å²) in [6, 6.07) is 35.6. The third kappa shape index (κ3) is 11.2. The number of fused-ring (bicyclic) bond motifs is 5. The molecule has 79 heavy (non-hydrogen) atoms. The Morgan fingerprint density at radius 1 is 0.532 bits per heavy atom. The summed E-state index contributed by atoms with van der Waals surface area (Å²) in [6.07, 6.45) is 20.3. The topological polar surface area (TPSA) is 63.7 Å². The highest BCUT2D eigenvalue weighted by Gasteiger charge is 2.44. The van der Waals surface area contributed by atoms with Crippen LogP contribution >= 0.6 is 45.3 Å². The molecule has 1 aliphatic rings. The first-order chi connectivity index (χ1) is 38.4. The number of unbranched alkanes of at least 4 members (excludes halogenated alkanes) is 7. The number of thiophene rings is 4. The lowest BCUT2D eigenvalue weighted by atomic mass is 9.76. The molecule has 6 aromatic heterocycles. The average Bonchev–Trinajstić information content (AvgIpc) is 3.12. The number of amides is 2. The maximum atomic E-state index is 14.9. The number of nitrogens with zero attached hydrogens (tertiary/aromatic N) is 1. The normalized spacial score (nSPS) is 14.6. The van der Waals surface area contributed by atoms with Crippen LogP contribution in [0.15, 0.2) is 106 Å². The summed E-state index contributed by atoms with van der Waals surface area (Å²) in [5, 5.41) is 3.00. The predicted octanol–water partition coefficient (Wildman–Crippen LogP) is 22.5. The van der Waals surface area contributed by atoms with Gasteiger partial charge in [-0.05, 0) is 92.0 Å². The molecule has 0 fully saturated rings. The molecule has 0 aliphatic carbocycles. The lowest BCUT2D eigenvalue weighted by molar-refractivity contribution is 0.0653. The van der Waals surface area contributed by atoms with Crippen LogP contribution in [0.3, 0.4) is 0 Å². The third-order valence-corrected chi connectivity index (χ3v) is 22.6. The van der Waals surface area contributed by atoms with Gasteiger partial charge in [0, 0.05) is 63.6 Å². The fourth-order valence-electron chi connectivity index (χ4n) is 12.6. The van der Waals surface area contributed by atoms with E-state index in [2.05, 4.69) is 159 Å². The summed E-state index contributed by atoms with van der Waals surface area (Å²) in [7, 11) is 0. The minimum absolute atomic E-state index is 0.160. The fourth-order valence-corrected chi connectivity index (χ4v) is 17.8. The molecular weight excluding hydrogens is 1050 g/mol. The van der Waals surface area contributed by atoms with Crippen LogP contribution in [-0.4, -0.2) is 23.3 Å². The van der Waals surface area contributed by atoms with Crippen molar-refractivity contribution in [1.82, 2.24) is 4.90 Å². The summed E-state index contributed by atoms with van der Waals surface area (Å²) in [5.41, 5.74) is 6.01. The van der Waals surface area contributed by atoms with Gasteiger partial charge in [0.2, 0.25) is 0 Å². The van der Waals surface area contributed by atoms with E-state index in [-0.39, 0.29) is 17.2 Å². The molecule has 0 saturated heterocycles. The minimum Gasteiger partial charge on any atom is -0.459 e. The molecule has 10 rings (SSSR count). The van der Waals surface area contributed by atoms with E-state index in [1.54, 1.807) is 11.3 Å². The SMILES string of the molecule is CCCCCCCCN1C(=O)c2sc3c(-c4cc5c(-c6ccc(CC(CC)CCCC)s6)c6oc(C(C)(CCC)c7ccccc7)cc6c(-c6ccc(CC(CC)CCCC)s6)c5o4)sc(C(C)(C)c4ccccc4)c3c2C1=O. The van der Waals surface area contributed by atoms with E-state index in [0.29, 0.717) is 28.8 Å². The molecule has 2 amide bonds. The maximum Gasteiger partial charge on any atom is 0.271 e. The Bertz CT molecular complexity index is 3410. The quantitative estimate of drug-likeness (QED) is 0.0362. The lowest BCUT2D eigenvalue weighted by Crippen LogP contribution is -2.31. The van der Waals surface area contributed by atoms with Gasteiger partial charge >= 0.3 is 0 Å². The smallest absolute Gasteiger partial charge is 0.271 e. The molecule has 0 spiro atoms. The van der Waals surface area contributed by atoms with Crippen molar-refractivity contribution in [1.29, 1.82) is 0 Å². The Morgan fingerprint density at radius 2 is 1.09 bits per heavy atom. The fraction of sp³-hybridized carbons (Fsp3) is 0.457. The summed E-state index contributed by atoms with van der Waals surface area (Å²) < 4.78 is 16.2. The number of rotatable bonds is 28. The first-order valence-electron chi connectivity index (χ1n) is 30.2. The first-order valence-corrected chi connectivity index (χ1v) is 33.4. The first kappa shape index (κ1) is 57.2. The summed E-state index contributed by atoms with van der Waals surface area (Å²) in [5.74, 6) is 2.67. The Morgan fingerprint density at radius 3 is 1.67 bits per heavy atom. The summed E-state index contributed by atoms with van der Waals surface area (Å²) in [4.78, 5) is 38.7. The molecule has 9 aromatic rings. The molecule has 0 saturated carbocycles. The monoisotopic (exact) mass is 1130 g/mol. The Kier molecular flexibility index (Phi) is 18.1. The van der Waals surface area contributed by atoms with E-state index >= 15 is 0 Å². The van der Waals surface area contributed by atoms with Crippen LogP contribution in [0.2, 0.25) is 0 Å². The molecule has 0 bridgehead atoms. The van der Waals surface area contributed by atoms with Gasteiger partial charge < -0.3 is 8.83 Å². The summed E-state index contributed by atoms with van der Waals surface area (Å²) >= 11 is 7.02. The molecule has 0 radical (unpaired) electrons. The van der Waals surface area contributed by atoms with Crippen molar-refractivity contribution in [3.8, 4) is 31.5 Å². The Labute approximate surface area is 486 Å².